The molecule has 1 saturated heterocycles. The molecule has 1 aliphatic heterocycles. The lowest BCUT2D eigenvalue weighted by Crippen LogP contribution is -2.58. The summed E-state index contributed by atoms with van der Waals surface area (Å²) in [6.07, 6.45) is 5.12. The van der Waals surface area contributed by atoms with Crippen LogP contribution in [0.3, 0.4) is 0 Å². The minimum atomic E-state index is -0.781. The maximum atomic E-state index is 11.6. The van der Waals surface area contributed by atoms with Crippen LogP contribution in [0.5, 0.6) is 5.75 Å². The second kappa shape index (κ2) is 6.77. The first kappa shape index (κ1) is 16.6. The van der Waals surface area contributed by atoms with Crippen molar-refractivity contribution in [3.63, 3.8) is 0 Å². The topological polar surface area (TPSA) is 45.6 Å². The smallest absolute Gasteiger partial charge is 0.123 e. The summed E-state index contributed by atoms with van der Waals surface area (Å²) >= 11 is 0. The predicted octanol–water partition coefficient (Wildman–Crippen LogP) is 3.21. The van der Waals surface area contributed by atoms with Gasteiger partial charge in [-0.2, -0.15) is 0 Å². The monoisotopic (exact) mass is 338 g/mol. The molecule has 132 valence electrons. The largest absolute Gasteiger partial charge is 0.496 e. The summed E-state index contributed by atoms with van der Waals surface area (Å²) in [5.41, 5.74) is 1.28. The number of nitrogens with zero attached hydrogens (tertiary/aromatic N) is 2. The van der Waals surface area contributed by atoms with Crippen molar-refractivity contribution in [2.24, 2.45) is 11.8 Å². The Hall–Kier alpha value is -1.91. The molecule has 25 heavy (non-hydrogen) atoms. The van der Waals surface area contributed by atoms with Crippen LogP contribution in [0.1, 0.15) is 30.5 Å². The van der Waals surface area contributed by atoms with E-state index >= 15 is 0 Å². The van der Waals surface area contributed by atoms with E-state index in [1.165, 1.54) is 12.0 Å². The molecule has 0 spiro atoms. The molecule has 1 aromatic heterocycles. The van der Waals surface area contributed by atoms with Gasteiger partial charge in [0.15, 0.2) is 0 Å². The van der Waals surface area contributed by atoms with Crippen LogP contribution in [0.15, 0.2) is 48.7 Å². The highest BCUT2D eigenvalue weighted by molar-refractivity contribution is 5.33. The lowest BCUT2D eigenvalue weighted by molar-refractivity contribution is -0.151. The van der Waals surface area contributed by atoms with E-state index in [0.29, 0.717) is 0 Å². The van der Waals surface area contributed by atoms with Gasteiger partial charge in [-0.25, -0.2) is 0 Å². The molecule has 4 heteroatoms. The molecule has 2 unspecified atom stereocenters. The molecule has 2 heterocycles. The first-order valence-electron chi connectivity index (χ1n) is 9.20. The zero-order valence-electron chi connectivity index (χ0n) is 14.8. The van der Waals surface area contributed by atoms with Gasteiger partial charge in [0, 0.05) is 43.2 Å². The summed E-state index contributed by atoms with van der Waals surface area (Å²) in [5, 5.41) is 11.6. The molecule has 4 rings (SSSR count). The van der Waals surface area contributed by atoms with Gasteiger partial charge >= 0.3 is 0 Å². The number of methoxy groups -OCH3 is 1. The summed E-state index contributed by atoms with van der Waals surface area (Å²) in [7, 11) is 1.73. The van der Waals surface area contributed by atoms with Gasteiger partial charge in [0.1, 0.15) is 11.4 Å². The number of benzene rings is 1. The average Bonchev–Trinajstić information content (AvgIpc) is 2.64. The first-order valence-corrected chi connectivity index (χ1v) is 9.20. The fourth-order valence-corrected chi connectivity index (χ4v) is 4.76. The molecule has 2 aromatic rings. The third-order valence-corrected chi connectivity index (χ3v) is 5.97. The second-order valence-corrected chi connectivity index (χ2v) is 7.37. The third kappa shape index (κ3) is 2.94. The molecular weight excluding hydrogens is 312 g/mol. The van der Waals surface area contributed by atoms with Gasteiger partial charge in [-0.1, -0.05) is 30.7 Å². The van der Waals surface area contributed by atoms with Crippen LogP contribution < -0.4 is 4.74 Å². The van der Waals surface area contributed by atoms with E-state index < -0.39 is 5.60 Å². The van der Waals surface area contributed by atoms with Gasteiger partial charge in [0.25, 0.3) is 0 Å². The number of piperidine rings is 1. The number of fused-ring (bicyclic) bond motifs is 2. The Morgan fingerprint density at radius 1 is 1.12 bits per heavy atom. The Balaban J connectivity index is 1.57. The average molecular weight is 338 g/mol. The van der Waals surface area contributed by atoms with Gasteiger partial charge in [-0.05, 0) is 31.0 Å². The fraction of sp³-hybridized carbons (Fsp3) is 0.476. The van der Waals surface area contributed by atoms with Crippen LogP contribution in [0.25, 0.3) is 0 Å². The number of ether oxygens (including phenoxy) is 1. The van der Waals surface area contributed by atoms with Gasteiger partial charge in [-0.15, -0.1) is 0 Å². The highest BCUT2D eigenvalue weighted by Crippen LogP contribution is 2.48. The molecule has 4 nitrogen and oxygen atoms in total. The molecule has 2 atom stereocenters. The van der Waals surface area contributed by atoms with Crippen LogP contribution in [0, 0.1) is 11.8 Å². The van der Waals surface area contributed by atoms with Gasteiger partial charge in [-0.3, -0.25) is 9.88 Å². The Bertz CT molecular complexity index is 705. The number of hydrogen-bond acceptors (Lipinski definition) is 4. The molecule has 1 saturated carbocycles. The highest BCUT2D eigenvalue weighted by atomic mass is 16.5. The van der Waals surface area contributed by atoms with Crippen molar-refractivity contribution in [2.75, 3.05) is 20.2 Å². The highest BCUT2D eigenvalue weighted by Gasteiger charge is 2.52. The van der Waals surface area contributed by atoms with Crippen molar-refractivity contribution in [3.05, 3.63) is 59.9 Å². The molecule has 2 bridgehead atoms. The lowest BCUT2D eigenvalue weighted by atomic mass is 9.64. The number of aliphatic hydroxyl groups is 1. The molecule has 0 amide bonds. The first-order chi connectivity index (χ1) is 12.2. The van der Waals surface area contributed by atoms with Crippen LogP contribution in [-0.2, 0) is 12.1 Å². The number of para-hydroxylation sites is 1. The number of aromatic nitrogens is 1. The second-order valence-electron chi connectivity index (χ2n) is 7.37. The number of hydrogen-bond donors (Lipinski definition) is 1. The Morgan fingerprint density at radius 2 is 1.84 bits per heavy atom. The third-order valence-electron chi connectivity index (χ3n) is 5.97. The Morgan fingerprint density at radius 3 is 2.52 bits per heavy atom. The lowest BCUT2D eigenvalue weighted by Gasteiger charge is -2.52. The van der Waals surface area contributed by atoms with Crippen LogP contribution in [0.4, 0.5) is 0 Å². The van der Waals surface area contributed by atoms with Gasteiger partial charge in [0.05, 0.1) is 12.8 Å². The predicted molar refractivity (Wildman–Crippen MR) is 97.2 cm³/mol. The van der Waals surface area contributed by atoms with Crippen molar-refractivity contribution in [1.29, 1.82) is 0 Å². The quantitative estimate of drug-likeness (QED) is 0.930. The van der Waals surface area contributed by atoms with Crippen LogP contribution in [-0.4, -0.2) is 35.2 Å². The number of likely N-dealkylation sites (tertiary alicyclic amines) is 1. The zero-order chi connectivity index (χ0) is 17.3. The maximum Gasteiger partial charge on any atom is 0.123 e. The molecule has 1 aromatic carbocycles. The minimum absolute atomic E-state index is 0.240. The van der Waals surface area contributed by atoms with Crippen molar-refractivity contribution >= 4 is 0 Å². The van der Waals surface area contributed by atoms with Crippen molar-refractivity contribution in [3.8, 4) is 5.75 Å². The van der Waals surface area contributed by atoms with E-state index in [2.05, 4.69) is 22.0 Å². The van der Waals surface area contributed by atoms with Crippen LogP contribution in [0.2, 0.25) is 0 Å². The normalized spacial score (nSPS) is 29.4. The summed E-state index contributed by atoms with van der Waals surface area (Å²) in [4.78, 5) is 6.98. The van der Waals surface area contributed by atoms with E-state index in [0.717, 1.165) is 43.9 Å². The van der Waals surface area contributed by atoms with Gasteiger partial charge in [0.2, 0.25) is 0 Å². The van der Waals surface area contributed by atoms with Crippen molar-refractivity contribution < 1.29 is 9.84 Å². The molecule has 2 fully saturated rings. The minimum Gasteiger partial charge on any atom is -0.496 e. The molecular formula is C21H26N2O2. The standard InChI is InChI=1S/C21H26N2O2/c1-25-19-10-3-2-7-16(19)13-23-14-17-8-6-9-18(15-23)21(17,24)20-11-4-5-12-22-20/h2-5,7,10-12,17-18,24H,6,8-9,13-15H2,1H3. The van der Waals surface area contributed by atoms with E-state index in [9.17, 15) is 5.11 Å². The zero-order valence-corrected chi connectivity index (χ0v) is 14.8. The maximum absolute atomic E-state index is 11.6. The molecule has 1 aliphatic carbocycles. The Labute approximate surface area is 149 Å². The van der Waals surface area contributed by atoms with Crippen molar-refractivity contribution in [2.45, 2.75) is 31.4 Å². The van der Waals surface area contributed by atoms with Crippen LogP contribution >= 0.6 is 0 Å². The van der Waals surface area contributed by atoms with E-state index in [1.807, 2.05) is 30.3 Å². The molecule has 2 aliphatic rings. The summed E-state index contributed by atoms with van der Waals surface area (Å²) < 4.78 is 5.51. The van der Waals surface area contributed by atoms with E-state index in [-0.39, 0.29) is 11.8 Å². The molecule has 1 N–H and O–H groups in total. The summed E-state index contributed by atoms with van der Waals surface area (Å²) in [6, 6.07) is 14.1. The van der Waals surface area contributed by atoms with Crippen molar-refractivity contribution in [1.82, 2.24) is 9.88 Å². The SMILES string of the molecule is COc1ccccc1CN1CC2CCCC(C1)C2(O)c1ccccn1. The van der Waals surface area contributed by atoms with E-state index in [1.54, 1.807) is 13.3 Å². The fourth-order valence-electron chi connectivity index (χ4n) is 4.76. The van der Waals surface area contributed by atoms with E-state index in [4.69, 9.17) is 4.74 Å². The summed E-state index contributed by atoms with van der Waals surface area (Å²) in [6.45, 7) is 2.68. The number of pyridine rings is 1. The number of rotatable bonds is 4. The summed E-state index contributed by atoms with van der Waals surface area (Å²) in [5.74, 6) is 1.42. The Kier molecular flexibility index (Phi) is 4.48. The molecule has 0 radical (unpaired) electrons. The van der Waals surface area contributed by atoms with Gasteiger partial charge < -0.3 is 9.84 Å².